The van der Waals surface area contributed by atoms with Gasteiger partial charge in [0.25, 0.3) is 0 Å². The van der Waals surface area contributed by atoms with Crippen molar-refractivity contribution >= 4 is 23.4 Å². The summed E-state index contributed by atoms with van der Waals surface area (Å²) in [7, 11) is 0. The minimum Gasteiger partial charge on any atom is -0.377 e. The van der Waals surface area contributed by atoms with Crippen LogP contribution in [0.15, 0.2) is 24.3 Å². The van der Waals surface area contributed by atoms with E-state index in [1.165, 1.54) is 18.4 Å². The van der Waals surface area contributed by atoms with Crippen molar-refractivity contribution in [2.24, 2.45) is 5.73 Å². The van der Waals surface area contributed by atoms with E-state index in [0.717, 1.165) is 17.4 Å². The summed E-state index contributed by atoms with van der Waals surface area (Å²) in [5, 5.41) is 1.08. The number of ether oxygens (including phenoxy) is 1. The van der Waals surface area contributed by atoms with Gasteiger partial charge in [-0.3, -0.25) is 0 Å². The molecule has 1 aliphatic heterocycles. The van der Waals surface area contributed by atoms with E-state index in [0.29, 0.717) is 11.4 Å². The molecule has 4 heteroatoms. The Morgan fingerprint density at radius 1 is 1.44 bits per heavy atom. The first kappa shape index (κ1) is 14.2. The largest absolute Gasteiger partial charge is 0.377 e. The fourth-order valence-electron chi connectivity index (χ4n) is 2.19. The van der Waals surface area contributed by atoms with E-state index < -0.39 is 0 Å². The Morgan fingerprint density at radius 2 is 2.17 bits per heavy atom. The molecule has 0 amide bonds. The zero-order valence-corrected chi connectivity index (χ0v) is 12.2. The predicted octanol–water partition coefficient (Wildman–Crippen LogP) is 3.64. The molecule has 0 aromatic heterocycles. The second-order valence-corrected chi connectivity index (χ2v) is 6.41. The maximum Gasteiger partial charge on any atom is 0.0666 e. The molecule has 0 aliphatic carbocycles. The molecule has 0 bridgehead atoms. The number of rotatable bonds is 5. The van der Waals surface area contributed by atoms with Crippen LogP contribution in [0.25, 0.3) is 0 Å². The minimum atomic E-state index is 0.123. The molecular weight excluding hydrogens is 266 g/mol. The lowest BCUT2D eigenvalue weighted by atomic mass is 10.1. The topological polar surface area (TPSA) is 35.2 Å². The highest BCUT2D eigenvalue weighted by atomic mass is 35.5. The number of hydrogen-bond donors (Lipinski definition) is 1. The maximum absolute atomic E-state index is 6.10. The number of thioether (sulfide) groups is 1. The van der Waals surface area contributed by atoms with Crippen LogP contribution in [0, 0.1) is 0 Å². The molecule has 1 aromatic rings. The van der Waals surface area contributed by atoms with Crippen molar-refractivity contribution in [3.63, 3.8) is 0 Å². The molecule has 3 atom stereocenters. The second-order valence-electron chi connectivity index (χ2n) is 4.80. The van der Waals surface area contributed by atoms with Crippen LogP contribution in [-0.2, 0) is 4.74 Å². The molecule has 2 N–H and O–H groups in total. The fraction of sp³-hybridized carbons (Fsp3) is 0.571. The average Bonchev–Trinajstić information content (AvgIpc) is 2.84. The molecule has 0 radical (unpaired) electrons. The highest BCUT2D eigenvalue weighted by Gasteiger charge is 2.21. The van der Waals surface area contributed by atoms with Crippen molar-refractivity contribution in [2.75, 3.05) is 12.4 Å². The molecule has 1 heterocycles. The third-order valence-electron chi connectivity index (χ3n) is 3.16. The first-order valence-electron chi connectivity index (χ1n) is 6.41. The maximum atomic E-state index is 6.10. The number of halogens is 1. The number of benzene rings is 1. The molecule has 1 fully saturated rings. The molecular formula is C14H20ClNOS. The fourth-order valence-corrected chi connectivity index (χ4v) is 3.65. The Hall–Kier alpha value is -0.220. The molecule has 1 saturated heterocycles. The SMILES string of the molecule is CC(N)C(SCC1CCCO1)c1ccc(Cl)cc1. The molecule has 2 rings (SSSR count). The van der Waals surface area contributed by atoms with Crippen LogP contribution in [0.4, 0.5) is 0 Å². The van der Waals surface area contributed by atoms with Crippen molar-refractivity contribution < 1.29 is 4.74 Å². The smallest absolute Gasteiger partial charge is 0.0666 e. The van der Waals surface area contributed by atoms with E-state index in [-0.39, 0.29) is 6.04 Å². The van der Waals surface area contributed by atoms with Gasteiger partial charge in [-0.1, -0.05) is 23.7 Å². The van der Waals surface area contributed by atoms with Gasteiger partial charge in [-0.2, -0.15) is 0 Å². The van der Waals surface area contributed by atoms with Gasteiger partial charge < -0.3 is 10.5 Å². The van der Waals surface area contributed by atoms with Crippen molar-refractivity contribution in [1.82, 2.24) is 0 Å². The van der Waals surface area contributed by atoms with Crippen LogP contribution in [0.5, 0.6) is 0 Å². The van der Waals surface area contributed by atoms with Gasteiger partial charge in [0.15, 0.2) is 0 Å². The van der Waals surface area contributed by atoms with E-state index in [9.17, 15) is 0 Å². The second kappa shape index (κ2) is 6.80. The van der Waals surface area contributed by atoms with Crippen LogP contribution >= 0.6 is 23.4 Å². The summed E-state index contributed by atoms with van der Waals surface area (Å²) in [6, 6.07) is 8.12. The van der Waals surface area contributed by atoms with Gasteiger partial charge >= 0.3 is 0 Å². The predicted molar refractivity (Wildman–Crippen MR) is 79.3 cm³/mol. The van der Waals surface area contributed by atoms with Crippen LogP contribution in [0.3, 0.4) is 0 Å². The van der Waals surface area contributed by atoms with Crippen LogP contribution in [0.2, 0.25) is 5.02 Å². The van der Waals surface area contributed by atoms with Crippen molar-refractivity contribution in [3.8, 4) is 0 Å². The van der Waals surface area contributed by atoms with E-state index in [1.54, 1.807) is 0 Å². The van der Waals surface area contributed by atoms with Gasteiger partial charge in [0.2, 0.25) is 0 Å². The summed E-state index contributed by atoms with van der Waals surface area (Å²) in [6.07, 6.45) is 2.78. The van der Waals surface area contributed by atoms with E-state index in [4.69, 9.17) is 22.1 Å². The molecule has 0 saturated carbocycles. The van der Waals surface area contributed by atoms with Gasteiger partial charge in [0, 0.05) is 28.7 Å². The van der Waals surface area contributed by atoms with Crippen molar-refractivity contribution in [2.45, 2.75) is 37.2 Å². The third-order valence-corrected chi connectivity index (χ3v) is 5.04. The van der Waals surface area contributed by atoms with Gasteiger partial charge in [0.05, 0.1) is 6.10 Å². The Bertz CT molecular complexity index is 363. The van der Waals surface area contributed by atoms with E-state index in [2.05, 4.69) is 19.1 Å². The quantitative estimate of drug-likeness (QED) is 0.897. The molecule has 2 nitrogen and oxygen atoms in total. The number of nitrogens with two attached hydrogens (primary N) is 1. The molecule has 1 aromatic carbocycles. The standard InChI is InChI=1S/C14H20ClNOS/c1-10(16)14(11-4-6-12(15)7-5-11)18-9-13-3-2-8-17-13/h4-7,10,13-14H,2-3,8-9,16H2,1H3. The Morgan fingerprint density at radius 3 is 2.72 bits per heavy atom. The zero-order chi connectivity index (χ0) is 13.0. The zero-order valence-electron chi connectivity index (χ0n) is 10.6. The van der Waals surface area contributed by atoms with Gasteiger partial charge in [-0.05, 0) is 37.5 Å². The van der Waals surface area contributed by atoms with E-state index >= 15 is 0 Å². The van der Waals surface area contributed by atoms with Gasteiger partial charge in [-0.25, -0.2) is 0 Å². The lowest BCUT2D eigenvalue weighted by molar-refractivity contribution is 0.128. The normalized spacial score (nSPS) is 22.9. The van der Waals surface area contributed by atoms with Gasteiger partial charge in [0.1, 0.15) is 0 Å². The van der Waals surface area contributed by atoms with Crippen LogP contribution in [0.1, 0.15) is 30.6 Å². The van der Waals surface area contributed by atoms with Crippen molar-refractivity contribution in [1.29, 1.82) is 0 Å². The third kappa shape index (κ3) is 3.89. The average molecular weight is 286 g/mol. The lowest BCUT2D eigenvalue weighted by Crippen LogP contribution is -2.24. The first-order chi connectivity index (χ1) is 8.66. The molecule has 0 spiro atoms. The first-order valence-corrected chi connectivity index (χ1v) is 7.84. The van der Waals surface area contributed by atoms with Crippen molar-refractivity contribution in [3.05, 3.63) is 34.9 Å². The van der Waals surface area contributed by atoms with Crippen LogP contribution < -0.4 is 5.73 Å². The molecule has 100 valence electrons. The van der Waals surface area contributed by atoms with Gasteiger partial charge in [-0.15, -0.1) is 11.8 Å². The molecule has 18 heavy (non-hydrogen) atoms. The number of hydrogen-bond acceptors (Lipinski definition) is 3. The summed E-state index contributed by atoms with van der Waals surface area (Å²) < 4.78 is 5.66. The summed E-state index contributed by atoms with van der Waals surface area (Å²) >= 11 is 7.81. The molecule has 3 unspecified atom stereocenters. The highest BCUT2D eigenvalue weighted by molar-refractivity contribution is 7.99. The summed E-state index contributed by atoms with van der Waals surface area (Å²) in [4.78, 5) is 0. The monoisotopic (exact) mass is 285 g/mol. The lowest BCUT2D eigenvalue weighted by Gasteiger charge is -2.22. The van der Waals surface area contributed by atoms with Crippen LogP contribution in [-0.4, -0.2) is 24.5 Å². The summed E-state index contributed by atoms with van der Waals surface area (Å²) in [6.45, 7) is 2.97. The Kier molecular flexibility index (Phi) is 5.37. The minimum absolute atomic E-state index is 0.123. The summed E-state index contributed by atoms with van der Waals surface area (Å²) in [5.41, 5.74) is 7.34. The Balaban J connectivity index is 1.96. The highest BCUT2D eigenvalue weighted by Crippen LogP contribution is 2.34. The Labute approximate surface area is 118 Å². The van der Waals surface area contributed by atoms with E-state index in [1.807, 2.05) is 23.9 Å². The molecule has 1 aliphatic rings. The summed E-state index contributed by atoms with van der Waals surface area (Å²) in [5.74, 6) is 1.02.